The number of halogens is 12. The van der Waals surface area contributed by atoms with E-state index >= 15 is 0 Å². The van der Waals surface area contributed by atoms with Gasteiger partial charge in [0.05, 0.1) is 34.2 Å². The molecule has 0 amide bonds. The summed E-state index contributed by atoms with van der Waals surface area (Å²) in [4.78, 5) is 37.1. The molecule has 20 rings (SSSR count). The monoisotopic (exact) mass is 2180 g/mol. The molecular weight excluding hydrogens is 2080 g/mol. The largest absolute Gasteiger partial charge is 1.00 e. The molecule has 4 heterocycles. The van der Waals surface area contributed by atoms with Crippen LogP contribution in [0.5, 0.6) is 23.0 Å². The third-order valence-corrected chi connectivity index (χ3v) is 32.1. The molecule has 20 aromatic rings. The van der Waals surface area contributed by atoms with E-state index in [4.69, 9.17) is 19.4 Å². The predicted molar refractivity (Wildman–Crippen MR) is 587 cm³/mol. The molecule has 0 spiro atoms. The average molecular weight is 2180 g/mol. The number of rotatable bonds is 20. The molecule has 0 unspecified atom stereocenters. The Labute approximate surface area is 867 Å². The number of aromatic nitrogens is 4. The van der Waals surface area contributed by atoms with Crippen molar-refractivity contribution in [1.82, 2.24) is 19.9 Å². The van der Waals surface area contributed by atoms with Crippen molar-refractivity contribution in [3.63, 3.8) is 0 Å². The van der Waals surface area contributed by atoms with Crippen LogP contribution in [0.15, 0.2) is 510 Å². The molecule has 0 aliphatic rings. The van der Waals surface area contributed by atoms with E-state index in [2.05, 4.69) is 435 Å². The fourth-order valence-corrected chi connectivity index (χ4v) is 25.8. The van der Waals surface area contributed by atoms with Gasteiger partial charge in [-0.15, -0.1) is 0 Å². The SMILES string of the molecule is CC(C)=O.CC(C)=O.F[P-](F)(F)(F)(F)F.F[P-](F)(F)(F)(F)F.[Cu+].[Cu+].c1ccc(-c2cccc(-c3ccc4ccccc4c3)n2)nc1.c1ccc(-c2cccc(-c3ccc4ccccc4c3)n2)nc1.c1ccc([PH+](c2ccccc2)c2ccccc2Oc2ccccc2[PH+](c2ccccc2)c2ccccc2)cc1.c1ccc([PH+](c2ccccc2)c2ccccc2Oc2ccccc2[PH+](c2ccccc2)c2ccccc2)cc1. The number of carbonyl (C=O) groups is 2. The normalized spacial score (nSPS) is 11.7. The molecule has 28 heteroatoms. The molecule has 8 nitrogen and oxygen atoms in total. The fraction of sp³-hybridized carbons (Fsp3) is 0.0339. The standard InChI is InChI=1S/2C36H28OP2.2C20H14N2.2C3H6O.2Cu.2F6P/c2*1-5-17-29(18-6-1)38(30-19-7-2-8-20-30)35-27-15-13-25-33(35)37-34-26-14-16-28-36(34)39(31-21-9-3-10-22-31)32-23-11-4-12-24-32;2*1-2-7-16-14-17(12-11-15(16)6-1)18-9-5-10-20(22-18)19-8-3-4-13-21-19;2*1-3(2)4;;;2*1-7(2,3,4,5)6/h2*1-28H;2*1-14H;2*1-2H3;;;;/q;;;;;;2*+1;2*-1/p+4. The summed E-state index contributed by atoms with van der Waals surface area (Å²) in [5, 5.41) is 20.7. The number of hydrogen-bond donors (Lipinski definition) is 0. The van der Waals surface area contributed by atoms with E-state index in [0.717, 1.165) is 68.3 Å². The van der Waals surface area contributed by atoms with Crippen molar-refractivity contribution < 1.29 is 104 Å². The van der Waals surface area contributed by atoms with Gasteiger partial charge in [0.25, 0.3) is 0 Å². The second-order valence-corrected chi connectivity index (χ2v) is 46.3. The minimum atomic E-state index is -10.7. The summed E-state index contributed by atoms with van der Waals surface area (Å²) in [5.74, 6) is 4.03. The zero-order valence-electron chi connectivity index (χ0n) is 79.0. The molecule has 146 heavy (non-hydrogen) atoms. The minimum Gasteiger partial charge on any atom is -0.449 e. The van der Waals surface area contributed by atoms with Crippen molar-refractivity contribution in [2.45, 2.75) is 27.7 Å². The topological polar surface area (TPSA) is 104 Å². The number of para-hydroxylation sites is 4. The summed E-state index contributed by atoms with van der Waals surface area (Å²) in [7, 11) is -26.4. The van der Waals surface area contributed by atoms with E-state index < -0.39 is 47.3 Å². The van der Waals surface area contributed by atoms with Crippen LogP contribution in [0, 0.1) is 0 Å². The van der Waals surface area contributed by atoms with Crippen LogP contribution < -0.4 is 73.1 Å². The molecule has 0 fully saturated rings. The molecule has 16 aromatic carbocycles. The molecule has 0 saturated heterocycles. The Balaban J connectivity index is 0.000000176. The Hall–Kier alpha value is -13.6. The number of ether oxygens (including phenoxy) is 2. The van der Waals surface area contributed by atoms with Gasteiger partial charge in [-0.2, -0.15) is 0 Å². The number of Topliss-reactive ketones (excluding diaryl/α,β-unsaturated/α-hetero) is 2. The second-order valence-electron chi connectivity index (χ2n) is 32.7. The van der Waals surface area contributed by atoms with E-state index in [1.165, 1.54) is 113 Å². The number of fused-ring (bicyclic) bond motifs is 2. The number of hydrogen-bond acceptors (Lipinski definition) is 8. The summed E-state index contributed by atoms with van der Waals surface area (Å²) < 4.78 is 132. The van der Waals surface area contributed by atoms with E-state index in [9.17, 15) is 60.0 Å². The van der Waals surface area contributed by atoms with Crippen LogP contribution in [-0.2, 0) is 43.7 Å². The summed E-state index contributed by atoms with van der Waals surface area (Å²) >= 11 is 0. The van der Waals surface area contributed by atoms with E-state index in [1.54, 1.807) is 12.4 Å². The van der Waals surface area contributed by atoms with Gasteiger partial charge in [0.15, 0.2) is 23.0 Å². The fourth-order valence-electron chi connectivity index (χ4n) is 15.2. The van der Waals surface area contributed by atoms with Gasteiger partial charge in [0, 0.05) is 23.5 Å². The van der Waals surface area contributed by atoms with Crippen LogP contribution in [0.1, 0.15) is 27.7 Å². The molecule has 0 aliphatic carbocycles. The maximum atomic E-state index is 9.87. The molecule has 0 N–H and O–H groups in total. The first kappa shape index (κ1) is 113. The van der Waals surface area contributed by atoms with Gasteiger partial charge in [-0.05, 0) is 255 Å². The summed E-state index contributed by atoms with van der Waals surface area (Å²) in [5.41, 5.74) is 7.75. The first-order valence-corrected chi connectivity index (χ1v) is 55.5. The van der Waals surface area contributed by atoms with E-state index in [-0.39, 0.29) is 45.7 Å². The van der Waals surface area contributed by atoms with Gasteiger partial charge in [0.1, 0.15) is 107 Å². The zero-order chi connectivity index (χ0) is 102. The van der Waals surface area contributed by atoms with Crippen molar-refractivity contribution in [3.8, 4) is 68.3 Å². The Morgan fingerprint density at radius 3 is 0.596 bits per heavy atom. The van der Waals surface area contributed by atoms with Crippen LogP contribution in [0.4, 0.5) is 50.4 Å². The molecule has 0 radical (unpaired) electrons. The Bertz CT molecular complexity index is 6680. The molecule has 4 aromatic heterocycles. The number of pyridine rings is 4. The average Bonchev–Trinajstić information content (AvgIpc) is 0.778. The third kappa shape index (κ3) is 37.1. The first-order valence-electron chi connectivity index (χ1n) is 45.4. The van der Waals surface area contributed by atoms with E-state index in [1.807, 2.05) is 72.8 Å². The zero-order valence-corrected chi connectivity index (χ0v) is 86.6. The maximum absolute atomic E-state index is 10.7. The van der Waals surface area contributed by atoms with Crippen LogP contribution in [0.3, 0.4) is 0 Å². The van der Waals surface area contributed by atoms with Gasteiger partial charge in [0.2, 0.25) is 0 Å². The van der Waals surface area contributed by atoms with Gasteiger partial charge in [-0.25, -0.2) is 9.97 Å². The maximum Gasteiger partial charge on any atom is 1.00 e. The number of carbonyl (C=O) groups excluding carboxylic acids is 2. The summed E-state index contributed by atoms with van der Waals surface area (Å²) in [6.07, 6.45) is 3.58. The van der Waals surface area contributed by atoms with Gasteiger partial charge in [-0.1, -0.05) is 291 Å². The molecule has 0 bridgehead atoms. The predicted octanol–water partition coefficient (Wildman–Crippen LogP) is 30.8. The molecular formula is C118H100Cu2F12N4O4P6+4. The van der Waals surface area contributed by atoms with Gasteiger partial charge in [-0.3, -0.25) is 9.97 Å². The van der Waals surface area contributed by atoms with E-state index in [0.29, 0.717) is 0 Å². The Kier molecular flexibility index (Phi) is 39.7. The molecule has 0 atom stereocenters. The molecule has 0 saturated carbocycles. The van der Waals surface area contributed by atoms with Crippen LogP contribution in [0.25, 0.3) is 66.8 Å². The number of nitrogens with zero attached hydrogens (tertiary/aromatic N) is 4. The summed E-state index contributed by atoms with van der Waals surface area (Å²) in [6, 6.07) is 175. The van der Waals surface area contributed by atoms with Crippen LogP contribution in [0.2, 0.25) is 0 Å². The number of benzene rings is 16. The van der Waals surface area contributed by atoms with Crippen LogP contribution in [-0.4, -0.2) is 31.5 Å². The third-order valence-electron chi connectivity index (χ3n) is 21.0. The van der Waals surface area contributed by atoms with Crippen molar-refractivity contribution in [3.05, 3.63) is 510 Å². The number of ketones is 2. The van der Waals surface area contributed by atoms with Gasteiger partial charge >= 0.3 is 100 Å². The molecule has 0 aliphatic heterocycles. The van der Waals surface area contributed by atoms with Crippen molar-refractivity contribution in [1.29, 1.82) is 0 Å². The van der Waals surface area contributed by atoms with Gasteiger partial charge < -0.3 is 19.1 Å². The minimum absolute atomic E-state index is 0. The van der Waals surface area contributed by atoms with Crippen molar-refractivity contribution in [2.75, 3.05) is 0 Å². The molecule has 748 valence electrons. The Morgan fingerprint density at radius 2 is 0.384 bits per heavy atom. The second kappa shape index (κ2) is 51.4. The smallest absolute Gasteiger partial charge is 0.449 e. The summed E-state index contributed by atoms with van der Waals surface area (Å²) in [6.45, 7) is 6.11. The first-order chi connectivity index (χ1) is 68.9. The van der Waals surface area contributed by atoms with Crippen LogP contribution >= 0.6 is 47.3 Å². The quantitative estimate of drug-likeness (QED) is 0.0422. The Morgan fingerprint density at radius 1 is 0.205 bits per heavy atom. The van der Waals surface area contributed by atoms with Crippen molar-refractivity contribution in [2.24, 2.45) is 0 Å². The van der Waals surface area contributed by atoms with Crippen molar-refractivity contribution >= 4 is 144 Å².